The SMILES string of the molecule is CNC(=O)c1cc(C)c2cnc(NC3CCC(O)CC3)cc2c1.CNC(=O)c1cc(C)c2cnc(NC3CCC4(CC3)OCCO4)cc2c1.Cl.[B].[H-].[Na+]. The molecule has 1 aliphatic heterocycles. The van der Waals surface area contributed by atoms with Crippen LogP contribution < -0.4 is 50.8 Å². The maximum Gasteiger partial charge on any atom is 1.00 e. The maximum absolute atomic E-state index is 12.0. The number of aryl methyl sites for hydroxylation is 2. The number of carbonyl (C=O) groups excluding carboxylic acids is 2. The number of nitrogens with one attached hydrogen (secondary N) is 4. The molecule has 3 fully saturated rings. The van der Waals surface area contributed by atoms with Gasteiger partial charge < -0.3 is 37.3 Å². The Kier molecular flexibility index (Phi) is 16.2. The second-order valence-electron chi connectivity index (χ2n) is 13.5. The predicted molar refractivity (Wildman–Crippen MR) is 206 cm³/mol. The van der Waals surface area contributed by atoms with Gasteiger partial charge in [0.05, 0.1) is 19.3 Å². The molecule has 1 saturated heterocycles. The molecule has 14 heteroatoms. The molecular formula is C38H50BClN6NaO5. The Hall–Kier alpha value is -2.97. The Bertz CT molecular complexity index is 1830. The molecule has 5 N–H and O–H groups in total. The third-order valence-electron chi connectivity index (χ3n) is 10.0. The first kappa shape index (κ1) is 43.4. The van der Waals surface area contributed by atoms with Crippen LogP contribution >= 0.6 is 12.4 Å². The largest absolute Gasteiger partial charge is 1.00 e. The summed E-state index contributed by atoms with van der Waals surface area (Å²) in [6.45, 7) is 5.41. The second kappa shape index (κ2) is 19.4. The smallest absolute Gasteiger partial charge is 1.00 e. The Morgan fingerprint density at radius 2 is 1.15 bits per heavy atom. The molecule has 3 radical (unpaired) electrons. The van der Waals surface area contributed by atoms with E-state index in [0.717, 1.165) is 95.7 Å². The van der Waals surface area contributed by atoms with Crippen LogP contribution in [0.5, 0.6) is 0 Å². The van der Waals surface area contributed by atoms with Crippen molar-refractivity contribution in [2.24, 2.45) is 0 Å². The Morgan fingerprint density at radius 3 is 1.58 bits per heavy atom. The Labute approximate surface area is 337 Å². The van der Waals surface area contributed by atoms with Crippen LogP contribution in [0.15, 0.2) is 48.8 Å². The van der Waals surface area contributed by atoms with Crippen molar-refractivity contribution in [3.63, 3.8) is 0 Å². The van der Waals surface area contributed by atoms with Crippen LogP contribution in [0.4, 0.5) is 11.6 Å². The van der Waals surface area contributed by atoms with Gasteiger partial charge >= 0.3 is 29.6 Å². The van der Waals surface area contributed by atoms with E-state index in [-0.39, 0.29) is 75.5 Å². The summed E-state index contributed by atoms with van der Waals surface area (Å²) in [6, 6.07) is 12.4. The van der Waals surface area contributed by atoms with Crippen molar-refractivity contribution in [1.82, 2.24) is 20.6 Å². The van der Waals surface area contributed by atoms with Crippen molar-refractivity contribution in [2.75, 3.05) is 37.9 Å². The number of aromatic nitrogens is 2. The molecule has 0 unspecified atom stereocenters. The van der Waals surface area contributed by atoms with Crippen molar-refractivity contribution in [3.8, 4) is 0 Å². The van der Waals surface area contributed by atoms with Gasteiger partial charge in [0.1, 0.15) is 11.6 Å². The molecule has 2 aromatic heterocycles. The van der Waals surface area contributed by atoms with Crippen LogP contribution in [0.3, 0.4) is 0 Å². The van der Waals surface area contributed by atoms with Gasteiger partial charge in [-0.3, -0.25) is 9.59 Å². The first-order chi connectivity index (χ1) is 23.6. The van der Waals surface area contributed by atoms with Gasteiger partial charge in [-0.1, -0.05) is 0 Å². The molecule has 3 aliphatic rings. The summed E-state index contributed by atoms with van der Waals surface area (Å²) in [5.74, 6) is 1.18. The summed E-state index contributed by atoms with van der Waals surface area (Å²) in [5.41, 5.74) is 3.43. The number of pyridine rings is 2. The van der Waals surface area contributed by atoms with Gasteiger partial charge in [-0.05, 0) is 111 Å². The monoisotopic (exact) mass is 739 g/mol. The standard InChI is InChI=1S/C20H25N3O3.C18H23N3O2.B.ClH.Na.H/c1-13-9-15(19(24)21-2)10-14-11-18(22-12-17(13)14)23-16-3-5-20(6-4-16)25-7-8-26-20;1-11-7-13(18(23)19-2)8-12-9-17(20-10-16(11)12)21-14-3-5-15(22)6-4-14;;;;/h9-12,16H,3-8H2,1-2H3,(H,21,24)(H,22,23);7-10,14-15,22H,3-6H2,1-2H3,(H,19,23)(H,20,21);;1H;;/q;;;;+1;-1. The predicted octanol–water partition coefficient (Wildman–Crippen LogP) is 2.78. The number of amides is 2. The number of aliphatic hydroxyl groups excluding tert-OH is 1. The zero-order valence-corrected chi connectivity index (χ0v) is 33.7. The summed E-state index contributed by atoms with van der Waals surface area (Å²) in [7, 11) is 3.29. The van der Waals surface area contributed by atoms with E-state index in [1.54, 1.807) is 14.1 Å². The third-order valence-corrected chi connectivity index (χ3v) is 10.0. The number of benzene rings is 2. The number of ether oxygens (including phenoxy) is 2. The molecular weight excluding hydrogens is 690 g/mol. The van der Waals surface area contributed by atoms with Gasteiger partial charge in [0, 0.05) is 81.7 Å². The van der Waals surface area contributed by atoms with E-state index in [4.69, 9.17) is 9.47 Å². The van der Waals surface area contributed by atoms with Gasteiger partial charge in [-0.2, -0.15) is 0 Å². The van der Waals surface area contributed by atoms with E-state index in [9.17, 15) is 14.7 Å². The Morgan fingerprint density at radius 1 is 0.731 bits per heavy atom. The normalized spacial score (nSPS) is 19.2. The van der Waals surface area contributed by atoms with Gasteiger partial charge in [0.15, 0.2) is 5.79 Å². The maximum atomic E-state index is 12.0. The van der Waals surface area contributed by atoms with Crippen molar-refractivity contribution in [3.05, 3.63) is 71.0 Å². The number of aliphatic hydroxyl groups is 1. The van der Waals surface area contributed by atoms with E-state index in [1.165, 1.54) is 0 Å². The summed E-state index contributed by atoms with van der Waals surface area (Å²) >= 11 is 0. The molecule has 273 valence electrons. The molecule has 2 aliphatic carbocycles. The average Bonchev–Trinajstić information content (AvgIpc) is 3.57. The molecule has 0 atom stereocenters. The fourth-order valence-electron chi connectivity index (χ4n) is 7.21. The molecule has 11 nitrogen and oxygen atoms in total. The van der Waals surface area contributed by atoms with Gasteiger partial charge in [0.2, 0.25) is 0 Å². The average molecular weight is 740 g/mol. The number of hydrogen-bond acceptors (Lipinski definition) is 9. The fourth-order valence-corrected chi connectivity index (χ4v) is 7.21. The van der Waals surface area contributed by atoms with Crippen molar-refractivity contribution < 1.29 is 55.2 Å². The molecule has 3 heterocycles. The number of halogens is 1. The minimum atomic E-state index is -0.339. The minimum absolute atomic E-state index is 0. The quantitative estimate of drug-likeness (QED) is 0.189. The number of nitrogens with zero attached hydrogens (tertiary/aromatic N) is 2. The number of hydrogen-bond donors (Lipinski definition) is 5. The molecule has 0 bridgehead atoms. The van der Waals surface area contributed by atoms with Crippen molar-refractivity contribution in [1.29, 1.82) is 0 Å². The molecule has 52 heavy (non-hydrogen) atoms. The summed E-state index contributed by atoms with van der Waals surface area (Å²) in [4.78, 5) is 32.9. The first-order valence-corrected chi connectivity index (χ1v) is 17.4. The van der Waals surface area contributed by atoms with Gasteiger partial charge in [0.25, 0.3) is 11.8 Å². The van der Waals surface area contributed by atoms with Crippen molar-refractivity contribution >= 4 is 65.8 Å². The first-order valence-electron chi connectivity index (χ1n) is 17.4. The van der Waals surface area contributed by atoms with Crippen LogP contribution in [0.2, 0.25) is 0 Å². The van der Waals surface area contributed by atoms with Crippen LogP contribution in [0, 0.1) is 13.8 Å². The topological polar surface area (TPSA) is 147 Å². The number of rotatable bonds is 6. The zero-order valence-electron chi connectivity index (χ0n) is 31.9. The van der Waals surface area contributed by atoms with Crippen LogP contribution in [0.1, 0.15) is 84.6 Å². The van der Waals surface area contributed by atoms with E-state index < -0.39 is 0 Å². The molecule has 4 aromatic rings. The minimum Gasteiger partial charge on any atom is -1.00 e. The summed E-state index contributed by atoms with van der Waals surface area (Å²) in [5, 5.41) is 26.1. The number of anilines is 2. The summed E-state index contributed by atoms with van der Waals surface area (Å²) in [6.07, 6.45) is 11.0. The van der Waals surface area contributed by atoms with Crippen LogP contribution in [-0.2, 0) is 9.47 Å². The van der Waals surface area contributed by atoms with E-state index in [1.807, 2.05) is 62.6 Å². The molecule has 1 spiro atoms. The van der Waals surface area contributed by atoms with E-state index in [2.05, 4.69) is 31.2 Å². The van der Waals surface area contributed by atoms with Crippen LogP contribution in [0.25, 0.3) is 21.5 Å². The van der Waals surface area contributed by atoms with Crippen LogP contribution in [-0.4, -0.2) is 86.6 Å². The zero-order chi connectivity index (χ0) is 34.5. The second-order valence-corrected chi connectivity index (χ2v) is 13.5. The van der Waals surface area contributed by atoms with E-state index in [0.29, 0.717) is 36.4 Å². The fraction of sp³-hybridized carbons (Fsp3) is 0.474. The van der Waals surface area contributed by atoms with Crippen molar-refractivity contribution in [2.45, 2.75) is 89.2 Å². The number of fused-ring (bicyclic) bond motifs is 2. The van der Waals surface area contributed by atoms with Gasteiger partial charge in [-0.25, -0.2) is 9.97 Å². The van der Waals surface area contributed by atoms with E-state index >= 15 is 0 Å². The molecule has 2 aromatic carbocycles. The summed E-state index contributed by atoms with van der Waals surface area (Å²) < 4.78 is 11.6. The Balaban J connectivity index is 0.000000343. The molecule has 7 rings (SSSR count). The molecule has 2 amide bonds. The third kappa shape index (κ3) is 10.4. The number of carbonyl (C=O) groups is 2. The molecule has 2 saturated carbocycles. The van der Waals surface area contributed by atoms with Gasteiger partial charge in [-0.15, -0.1) is 12.4 Å².